The summed E-state index contributed by atoms with van der Waals surface area (Å²) >= 11 is 0. The third-order valence-corrected chi connectivity index (χ3v) is 3.84. The molecule has 0 aliphatic heterocycles. The first kappa shape index (κ1) is 18.5. The zero-order chi connectivity index (χ0) is 16.2. The van der Waals surface area contributed by atoms with E-state index in [0.717, 1.165) is 35.4 Å². The molecule has 3 nitrogen and oxygen atoms in total. The SMILES string of the molecule is CN(C)CCNC(c1ccc(F)cc1)c1cc2ccccc2o1.Cl. The lowest BCUT2D eigenvalue weighted by atomic mass is 10.0. The topological polar surface area (TPSA) is 28.4 Å². The Morgan fingerprint density at radius 3 is 2.46 bits per heavy atom. The van der Waals surface area contributed by atoms with Gasteiger partial charge in [-0.2, -0.15) is 0 Å². The third kappa shape index (κ3) is 4.35. The lowest BCUT2D eigenvalue weighted by molar-refractivity contribution is 0.381. The van der Waals surface area contributed by atoms with E-state index in [1.54, 1.807) is 12.1 Å². The van der Waals surface area contributed by atoms with Gasteiger partial charge in [-0.25, -0.2) is 4.39 Å². The first-order valence-electron chi connectivity index (χ1n) is 7.75. The Balaban J connectivity index is 0.00000208. The van der Waals surface area contributed by atoms with Crippen LogP contribution in [0.2, 0.25) is 0 Å². The van der Waals surface area contributed by atoms with Crippen LogP contribution in [-0.2, 0) is 0 Å². The highest BCUT2D eigenvalue weighted by Crippen LogP contribution is 2.28. The number of nitrogens with one attached hydrogen (secondary N) is 1. The molecule has 0 saturated heterocycles. The molecule has 3 aromatic rings. The monoisotopic (exact) mass is 348 g/mol. The second-order valence-corrected chi connectivity index (χ2v) is 5.93. The molecule has 0 bridgehead atoms. The lowest BCUT2D eigenvalue weighted by Gasteiger charge is -2.19. The minimum Gasteiger partial charge on any atom is -0.459 e. The van der Waals surface area contributed by atoms with Crippen molar-refractivity contribution in [3.05, 3.63) is 71.7 Å². The van der Waals surface area contributed by atoms with E-state index in [1.165, 1.54) is 12.1 Å². The van der Waals surface area contributed by atoms with Crippen LogP contribution < -0.4 is 5.32 Å². The third-order valence-electron chi connectivity index (χ3n) is 3.84. The minimum absolute atomic E-state index is 0. The fourth-order valence-electron chi connectivity index (χ4n) is 2.62. The first-order valence-corrected chi connectivity index (χ1v) is 7.75. The van der Waals surface area contributed by atoms with Crippen LogP contribution in [0.25, 0.3) is 11.0 Å². The van der Waals surface area contributed by atoms with Crippen LogP contribution in [0.1, 0.15) is 17.4 Å². The molecule has 1 heterocycles. The quantitative estimate of drug-likeness (QED) is 0.722. The second kappa shape index (κ2) is 8.29. The zero-order valence-electron chi connectivity index (χ0n) is 13.8. The Morgan fingerprint density at radius 1 is 1.08 bits per heavy atom. The molecule has 128 valence electrons. The molecule has 1 unspecified atom stereocenters. The summed E-state index contributed by atoms with van der Waals surface area (Å²) in [6, 6.07) is 16.5. The van der Waals surface area contributed by atoms with Gasteiger partial charge in [-0.05, 0) is 43.9 Å². The number of nitrogens with zero attached hydrogens (tertiary/aromatic N) is 1. The second-order valence-electron chi connectivity index (χ2n) is 5.93. The fraction of sp³-hybridized carbons (Fsp3) is 0.263. The molecule has 0 saturated carbocycles. The van der Waals surface area contributed by atoms with Gasteiger partial charge < -0.3 is 14.6 Å². The summed E-state index contributed by atoms with van der Waals surface area (Å²) in [6.45, 7) is 1.73. The highest BCUT2D eigenvalue weighted by Gasteiger charge is 2.18. The van der Waals surface area contributed by atoms with Crippen molar-refractivity contribution in [2.24, 2.45) is 0 Å². The lowest BCUT2D eigenvalue weighted by Crippen LogP contribution is -2.30. The van der Waals surface area contributed by atoms with E-state index >= 15 is 0 Å². The van der Waals surface area contributed by atoms with E-state index in [4.69, 9.17) is 4.42 Å². The standard InChI is InChI=1S/C19H21FN2O.ClH/c1-22(2)12-11-21-19(14-7-9-16(20)10-8-14)18-13-15-5-3-4-6-17(15)23-18;/h3-10,13,19,21H,11-12H2,1-2H3;1H. The molecule has 0 spiro atoms. The van der Waals surface area contributed by atoms with E-state index in [0.29, 0.717) is 0 Å². The van der Waals surface area contributed by atoms with Gasteiger partial charge >= 0.3 is 0 Å². The van der Waals surface area contributed by atoms with Crippen LogP contribution >= 0.6 is 12.4 Å². The van der Waals surface area contributed by atoms with Gasteiger partial charge in [0.05, 0.1) is 6.04 Å². The molecule has 1 atom stereocenters. The number of benzene rings is 2. The van der Waals surface area contributed by atoms with Gasteiger partial charge in [-0.3, -0.25) is 0 Å². The van der Waals surface area contributed by atoms with Crippen LogP contribution in [0.3, 0.4) is 0 Å². The van der Waals surface area contributed by atoms with Crippen LogP contribution in [0.5, 0.6) is 0 Å². The van der Waals surface area contributed by atoms with Crippen molar-refractivity contribution < 1.29 is 8.81 Å². The fourth-order valence-corrected chi connectivity index (χ4v) is 2.62. The van der Waals surface area contributed by atoms with Crippen molar-refractivity contribution in [2.75, 3.05) is 27.2 Å². The van der Waals surface area contributed by atoms with Gasteiger partial charge in [0.1, 0.15) is 17.2 Å². The van der Waals surface area contributed by atoms with Crippen molar-refractivity contribution >= 4 is 23.4 Å². The van der Waals surface area contributed by atoms with Crippen LogP contribution in [0, 0.1) is 5.82 Å². The van der Waals surface area contributed by atoms with Gasteiger partial charge in [-0.15, -0.1) is 12.4 Å². The van der Waals surface area contributed by atoms with Crippen LogP contribution in [0.4, 0.5) is 4.39 Å². The van der Waals surface area contributed by atoms with Crippen molar-refractivity contribution in [3.63, 3.8) is 0 Å². The molecule has 0 radical (unpaired) electrons. The summed E-state index contributed by atoms with van der Waals surface area (Å²) in [5.74, 6) is 0.613. The van der Waals surface area contributed by atoms with Crippen molar-refractivity contribution in [1.29, 1.82) is 0 Å². The number of furan rings is 1. The molecule has 2 aromatic carbocycles. The summed E-state index contributed by atoms with van der Waals surface area (Å²) in [6.07, 6.45) is 0. The Hall–Kier alpha value is -1.88. The predicted molar refractivity (Wildman–Crippen MR) is 98.3 cm³/mol. The Morgan fingerprint density at radius 2 is 1.79 bits per heavy atom. The maximum absolute atomic E-state index is 13.2. The smallest absolute Gasteiger partial charge is 0.134 e. The van der Waals surface area contributed by atoms with Gasteiger partial charge in [-0.1, -0.05) is 30.3 Å². The van der Waals surface area contributed by atoms with E-state index in [1.807, 2.05) is 44.4 Å². The highest BCUT2D eigenvalue weighted by molar-refractivity contribution is 5.85. The molecule has 24 heavy (non-hydrogen) atoms. The number of para-hydroxylation sites is 1. The maximum Gasteiger partial charge on any atom is 0.134 e. The van der Waals surface area contributed by atoms with E-state index in [9.17, 15) is 4.39 Å². The van der Waals surface area contributed by atoms with E-state index in [-0.39, 0.29) is 24.3 Å². The molecule has 1 N–H and O–H groups in total. The van der Waals surface area contributed by atoms with Gasteiger partial charge in [0.25, 0.3) is 0 Å². The van der Waals surface area contributed by atoms with Crippen molar-refractivity contribution in [3.8, 4) is 0 Å². The normalized spacial score (nSPS) is 12.3. The number of likely N-dealkylation sites (N-methyl/N-ethyl adjacent to an activating group) is 1. The maximum atomic E-state index is 13.2. The minimum atomic E-state index is -0.231. The molecule has 3 rings (SSSR count). The van der Waals surface area contributed by atoms with Gasteiger partial charge in [0, 0.05) is 18.5 Å². The number of rotatable bonds is 6. The van der Waals surface area contributed by atoms with E-state index in [2.05, 4.69) is 10.2 Å². The Bertz CT molecular complexity index is 737. The Kier molecular flexibility index (Phi) is 6.37. The summed E-state index contributed by atoms with van der Waals surface area (Å²) in [7, 11) is 4.07. The predicted octanol–water partition coefficient (Wildman–Crippen LogP) is 4.23. The summed E-state index contributed by atoms with van der Waals surface area (Å²) in [5.41, 5.74) is 1.85. The van der Waals surface area contributed by atoms with Gasteiger partial charge in [0.15, 0.2) is 0 Å². The summed E-state index contributed by atoms with van der Waals surface area (Å²) in [5, 5.41) is 4.58. The summed E-state index contributed by atoms with van der Waals surface area (Å²) < 4.78 is 19.2. The molecule has 0 fully saturated rings. The highest BCUT2D eigenvalue weighted by atomic mass is 35.5. The average molecular weight is 349 g/mol. The van der Waals surface area contributed by atoms with Gasteiger partial charge in [0.2, 0.25) is 0 Å². The summed E-state index contributed by atoms with van der Waals surface area (Å²) in [4.78, 5) is 2.12. The Labute approximate surface area is 147 Å². The zero-order valence-corrected chi connectivity index (χ0v) is 14.6. The molecule has 0 amide bonds. The van der Waals surface area contributed by atoms with Crippen LogP contribution in [0.15, 0.2) is 59.0 Å². The number of hydrogen-bond donors (Lipinski definition) is 1. The number of fused-ring (bicyclic) bond motifs is 1. The molecule has 0 aliphatic carbocycles. The molecular formula is C19H22ClFN2O. The molecule has 1 aromatic heterocycles. The first-order chi connectivity index (χ1) is 11.1. The van der Waals surface area contributed by atoms with Crippen LogP contribution in [-0.4, -0.2) is 32.1 Å². The number of halogens is 2. The largest absolute Gasteiger partial charge is 0.459 e. The molecule has 5 heteroatoms. The average Bonchev–Trinajstić information content (AvgIpc) is 2.96. The van der Waals surface area contributed by atoms with Crippen molar-refractivity contribution in [1.82, 2.24) is 10.2 Å². The van der Waals surface area contributed by atoms with E-state index < -0.39 is 0 Å². The van der Waals surface area contributed by atoms with Crippen molar-refractivity contribution in [2.45, 2.75) is 6.04 Å². The molecule has 0 aliphatic rings. The molecular weight excluding hydrogens is 327 g/mol. The number of hydrogen-bond acceptors (Lipinski definition) is 3.